The summed E-state index contributed by atoms with van der Waals surface area (Å²) in [5, 5.41) is 21.0. The molecule has 3 rings (SSSR count). The SMILES string of the molecule is O=C1C(O)C(O)(c2ccccn2)CCN1Cc1ccccc1. The molecule has 0 saturated carbocycles. The molecule has 2 atom stereocenters. The average molecular weight is 298 g/mol. The minimum absolute atomic E-state index is 0.254. The molecule has 1 saturated heterocycles. The number of aliphatic hydroxyl groups is 2. The van der Waals surface area contributed by atoms with Gasteiger partial charge in [-0.05, 0) is 17.7 Å². The van der Waals surface area contributed by atoms with Gasteiger partial charge >= 0.3 is 0 Å². The third kappa shape index (κ3) is 2.61. The predicted molar refractivity (Wildman–Crippen MR) is 80.6 cm³/mol. The molecule has 5 nitrogen and oxygen atoms in total. The number of pyridine rings is 1. The van der Waals surface area contributed by atoms with Crippen LogP contribution in [0.1, 0.15) is 17.7 Å². The van der Waals surface area contributed by atoms with E-state index in [9.17, 15) is 15.0 Å². The summed E-state index contributed by atoms with van der Waals surface area (Å²) in [5.41, 5.74) is -0.299. The van der Waals surface area contributed by atoms with Gasteiger partial charge in [0.15, 0.2) is 6.10 Å². The van der Waals surface area contributed by atoms with E-state index in [0.29, 0.717) is 18.8 Å². The monoisotopic (exact) mass is 298 g/mol. The van der Waals surface area contributed by atoms with Crippen molar-refractivity contribution in [2.75, 3.05) is 6.54 Å². The molecule has 1 fully saturated rings. The van der Waals surface area contributed by atoms with Crippen LogP contribution in [0.15, 0.2) is 54.7 Å². The van der Waals surface area contributed by atoms with E-state index in [1.54, 1.807) is 29.3 Å². The lowest BCUT2D eigenvalue weighted by Gasteiger charge is -2.40. The number of rotatable bonds is 3. The van der Waals surface area contributed by atoms with Gasteiger partial charge in [-0.1, -0.05) is 36.4 Å². The number of amides is 1. The summed E-state index contributed by atoms with van der Waals surface area (Å²) in [5.74, 6) is -0.469. The van der Waals surface area contributed by atoms with Gasteiger partial charge in [0.1, 0.15) is 5.60 Å². The fourth-order valence-electron chi connectivity index (χ4n) is 2.78. The Hall–Kier alpha value is -2.24. The van der Waals surface area contributed by atoms with Crippen molar-refractivity contribution in [2.45, 2.75) is 24.7 Å². The number of carbonyl (C=O) groups excluding carboxylic acids is 1. The van der Waals surface area contributed by atoms with Crippen molar-refractivity contribution in [3.63, 3.8) is 0 Å². The molecule has 0 bridgehead atoms. The van der Waals surface area contributed by atoms with Crippen molar-refractivity contribution < 1.29 is 15.0 Å². The highest BCUT2D eigenvalue weighted by molar-refractivity contribution is 5.83. The number of piperidine rings is 1. The molecule has 2 N–H and O–H groups in total. The highest BCUT2D eigenvalue weighted by Gasteiger charge is 2.48. The van der Waals surface area contributed by atoms with E-state index in [2.05, 4.69) is 4.98 Å². The maximum Gasteiger partial charge on any atom is 0.255 e. The molecule has 0 radical (unpaired) electrons. The van der Waals surface area contributed by atoms with Gasteiger partial charge in [0.2, 0.25) is 0 Å². The Morgan fingerprint density at radius 2 is 1.91 bits per heavy atom. The fourth-order valence-corrected chi connectivity index (χ4v) is 2.78. The quantitative estimate of drug-likeness (QED) is 0.889. The number of nitrogens with zero attached hydrogens (tertiary/aromatic N) is 2. The second kappa shape index (κ2) is 5.87. The zero-order valence-corrected chi connectivity index (χ0v) is 12.1. The molecule has 1 aliphatic heterocycles. The summed E-state index contributed by atoms with van der Waals surface area (Å²) in [4.78, 5) is 18.1. The minimum Gasteiger partial charge on any atom is -0.380 e. The lowest BCUT2D eigenvalue weighted by Crippen LogP contribution is -2.57. The van der Waals surface area contributed by atoms with E-state index in [1.807, 2.05) is 30.3 Å². The molecule has 0 spiro atoms. The molecule has 1 aromatic heterocycles. The Kier molecular flexibility index (Phi) is 3.92. The Bertz CT molecular complexity index is 647. The molecule has 1 amide bonds. The topological polar surface area (TPSA) is 73.7 Å². The first kappa shape index (κ1) is 14.7. The molecule has 1 aliphatic rings. The van der Waals surface area contributed by atoms with Crippen LogP contribution in [0.5, 0.6) is 0 Å². The van der Waals surface area contributed by atoms with Crippen molar-refractivity contribution in [2.24, 2.45) is 0 Å². The van der Waals surface area contributed by atoms with Gasteiger partial charge in [0, 0.05) is 25.7 Å². The van der Waals surface area contributed by atoms with E-state index < -0.39 is 17.6 Å². The van der Waals surface area contributed by atoms with Crippen LogP contribution in [0, 0.1) is 0 Å². The number of aromatic nitrogens is 1. The third-order valence-corrected chi connectivity index (χ3v) is 4.09. The molecule has 2 unspecified atom stereocenters. The summed E-state index contributed by atoms with van der Waals surface area (Å²) in [7, 11) is 0. The van der Waals surface area contributed by atoms with Crippen molar-refractivity contribution in [3.8, 4) is 0 Å². The van der Waals surface area contributed by atoms with Crippen LogP contribution in [0.2, 0.25) is 0 Å². The van der Waals surface area contributed by atoms with Crippen LogP contribution < -0.4 is 0 Å². The Morgan fingerprint density at radius 1 is 1.18 bits per heavy atom. The summed E-state index contributed by atoms with van der Waals surface area (Å²) in [6.45, 7) is 0.799. The summed E-state index contributed by atoms with van der Waals surface area (Å²) in [6.07, 6.45) is 0.296. The Balaban J connectivity index is 1.79. The lowest BCUT2D eigenvalue weighted by atomic mass is 9.84. The van der Waals surface area contributed by atoms with Gasteiger partial charge in [-0.2, -0.15) is 0 Å². The fraction of sp³-hybridized carbons (Fsp3) is 0.294. The first-order chi connectivity index (χ1) is 10.6. The first-order valence-electron chi connectivity index (χ1n) is 7.26. The van der Waals surface area contributed by atoms with Crippen molar-refractivity contribution in [1.29, 1.82) is 0 Å². The first-order valence-corrected chi connectivity index (χ1v) is 7.26. The maximum absolute atomic E-state index is 12.4. The molecular weight excluding hydrogens is 280 g/mol. The zero-order chi connectivity index (χ0) is 15.6. The summed E-state index contributed by atoms with van der Waals surface area (Å²) < 4.78 is 0. The van der Waals surface area contributed by atoms with Crippen molar-refractivity contribution >= 4 is 5.91 Å². The summed E-state index contributed by atoms with van der Waals surface area (Å²) >= 11 is 0. The molecule has 2 heterocycles. The van der Waals surface area contributed by atoms with Gasteiger partial charge in [-0.3, -0.25) is 9.78 Å². The van der Waals surface area contributed by atoms with Crippen LogP contribution in [0.25, 0.3) is 0 Å². The number of benzene rings is 1. The van der Waals surface area contributed by atoms with Gasteiger partial charge in [0.25, 0.3) is 5.91 Å². The number of hydrogen-bond donors (Lipinski definition) is 2. The largest absolute Gasteiger partial charge is 0.380 e. The normalized spacial score (nSPS) is 25.3. The number of aliphatic hydroxyl groups excluding tert-OH is 1. The van der Waals surface area contributed by atoms with Gasteiger partial charge in [0.05, 0.1) is 5.69 Å². The van der Waals surface area contributed by atoms with Crippen LogP contribution in [0.4, 0.5) is 0 Å². The van der Waals surface area contributed by atoms with E-state index in [0.717, 1.165) is 5.56 Å². The predicted octanol–water partition coefficient (Wildman–Crippen LogP) is 1.06. The maximum atomic E-state index is 12.4. The van der Waals surface area contributed by atoms with Crippen LogP contribution in [-0.2, 0) is 16.9 Å². The molecule has 5 heteroatoms. The molecule has 1 aromatic carbocycles. The van der Waals surface area contributed by atoms with Gasteiger partial charge in [-0.15, -0.1) is 0 Å². The molecule has 0 aliphatic carbocycles. The van der Waals surface area contributed by atoms with Crippen LogP contribution >= 0.6 is 0 Å². The standard InChI is InChI=1S/C17H18N2O3/c20-15-16(21)19(12-13-6-2-1-3-7-13)11-9-17(15,22)14-8-4-5-10-18-14/h1-8,10,15,20,22H,9,11-12H2. The summed E-state index contributed by atoms with van der Waals surface area (Å²) in [6, 6.07) is 14.7. The zero-order valence-electron chi connectivity index (χ0n) is 12.1. The Labute approximate surface area is 128 Å². The van der Waals surface area contributed by atoms with Crippen LogP contribution in [0.3, 0.4) is 0 Å². The average Bonchev–Trinajstić information content (AvgIpc) is 2.57. The van der Waals surface area contributed by atoms with E-state index >= 15 is 0 Å². The number of likely N-dealkylation sites (tertiary alicyclic amines) is 1. The number of carbonyl (C=O) groups is 1. The van der Waals surface area contributed by atoms with E-state index in [4.69, 9.17) is 0 Å². The Morgan fingerprint density at radius 3 is 2.59 bits per heavy atom. The molecule has 22 heavy (non-hydrogen) atoms. The van der Waals surface area contributed by atoms with Crippen molar-refractivity contribution in [3.05, 3.63) is 66.0 Å². The van der Waals surface area contributed by atoms with E-state index in [1.165, 1.54) is 0 Å². The second-order valence-corrected chi connectivity index (χ2v) is 5.54. The van der Waals surface area contributed by atoms with Gasteiger partial charge in [-0.25, -0.2) is 0 Å². The lowest BCUT2D eigenvalue weighted by molar-refractivity contribution is -0.172. The molecular formula is C17H18N2O3. The third-order valence-electron chi connectivity index (χ3n) is 4.09. The molecule has 2 aromatic rings. The highest BCUT2D eigenvalue weighted by Crippen LogP contribution is 2.33. The molecule has 114 valence electrons. The smallest absolute Gasteiger partial charge is 0.255 e. The highest BCUT2D eigenvalue weighted by atomic mass is 16.4. The minimum atomic E-state index is -1.62. The number of hydrogen-bond acceptors (Lipinski definition) is 4. The van der Waals surface area contributed by atoms with Crippen LogP contribution in [-0.4, -0.2) is 38.7 Å². The second-order valence-electron chi connectivity index (χ2n) is 5.54. The van der Waals surface area contributed by atoms with Gasteiger partial charge < -0.3 is 15.1 Å². The van der Waals surface area contributed by atoms with Crippen molar-refractivity contribution in [1.82, 2.24) is 9.88 Å². The van der Waals surface area contributed by atoms with E-state index in [-0.39, 0.29) is 6.42 Å².